The monoisotopic (exact) mass is 244 g/mol. The molecule has 1 unspecified atom stereocenters. The Morgan fingerprint density at radius 1 is 1.28 bits per heavy atom. The number of hydrogen-bond donors (Lipinski definition) is 1. The molecule has 2 heteroatoms. The molecule has 2 fully saturated rings. The predicted molar refractivity (Wildman–Crippen MR) is 75.7 cm³/mol. The van der Waals surface area contributed by atoms with E-state index >= 15 is 0 Å². The van der Waals surface area contributed by atoms with E-state index in [0.29, 0.717) is 11.5 Å². The molecule has 1 aromatic carbocycles. The van der Waals surface area contributed by atoms with Gasteiger partial charge in [0, 0.05) is 32.2 Å². The number of piperazine rings is 1. The average Bonchev–Trinajstić information content (AvgIpc) is 3.08. The van der Waals surface area contributed by atoms with E-state index in [0.717, 1.165) is 13.0 Å². The maximum absolute atomic E-state index is 3.66. The van der Waals surface area contributed by atoms with E-state index in [1.165, 1.54) is 38.0 Å². The predicted octanol–water partition coefficient (Wildman–Crippen LogP) is 2.30. The highest BCUT2D eigenvalue weighted by molar-refractivity contribution is 5.16. The van der Waals surface area contributed by atoms with Crippen LogP contribution in [-0.4, -0.2) is 37.1 Å². The minimum Gasteiger partial charge on any atom is -0.311 e. The average molecular weight is 244 g/mol. The molecule has 1 aliphatic carbocycles. The Morgan fingerprint density at radius 2 is 2.06 bits per heavy atom. The molecule has 1 aliphatic heterocycles. The zero-order valence-corrected chi connectivity index (χ0v) is 11.4. The summed E-state index contributed by atoms with van der Waals surface area (Å²) in [5, 5.41) is 3.66. The molecule has 1 heterocycles. The molecule has 0 radical (unpaired) electrons. The van der Waals surface area contributed by atoms with Crippen LogP contribution in [0.1, 0.15) is 25.3 Å². The minimum absolute atomic E-state index is 0.628. The lowest BCUT2D eigenvalue weighted by atomic mass is 10.0. The number of nitrogens with zero attached hydrogens (tertiary/aromatic N) is 1. The highest BCUT2D eigenvalue weighted by Crippen LogP contribution is 2.45. The van der Waals surface area contributed by atoms with E-state index in [-0.39, 0.29) is 0 Å². The summed E-state index contributed by atoms with van der Waals surface area (Å²) in [7, 11) is 0. The fraction of sp³-hybridized carbons (Fsp3) is 0.625. The van der Waals surface area contributed by atoms with Crippen LogP contribution in [0, 0.1) is 5.41 Å². The van der Waals surface area contributed by atoms with E-state index in [1.807, 2.05) is 0 Å². The quantitative estimate of drug-likeness (QED) is 0.874. The highest BCUT2D eigenvalue weighted by Gasteiger charge is 2.39. The number of nitrogens with one attached hydrogen (secondary N) is 1. The summed E-state index contributed by atoms with van der Waals surface area (Å²) in [6, 6.07) is 11.5. The number of benzene rings is 1. The standard InChI is InChI=1S/C16H24N2/c1-16(7-8-16)13-18-10-9-17-15(12-18)11-14-5-3-2-4-6-14/h2-6,15,17H,7-13H2,1H3. The summed E-state index contributed by atoms with van der Waals surface area (Å²) in [6.07, 6.45) is 4.02. The van der Waals surface area contributed by atoms with Crippen LogP contribution in [0.3, 0.4) is 0 Å². The Bertz CT molecular complexity index is 383. The van der Waals surface area contributed by atoms with Crippen LogP contribution in [0.4, 0.5) is 0 Å². The van der Waals surface area contributed by atoms with Gasteiger partial charge in [0.1, 0.15) is 0 Å². The molecule has 1 atom stereocenters. The van der Waals surface area contributed by atoms with Gasteiger partial charge in [-0.25, -0.2) is 0 Å². The van der Waals surface area contributed by atoms with E-state index < -0.39 is 0 Å². The first-order chi connectivity index (χ1) is 8.73. The lowest BCUT2D eigenvalue weighted by molar-refractivity contribution is 0.170. The molecule has 0 spiro atoms. The van der Waals surface area contributed by atoms with Crippen LogP contribution in [0.15, 0.2) is 30.3 Å². The molecule has 3 rings (SSSR count). The Morgan fingerprint density at radius 3 is 2.78 bits per heavy atom. The van der Waals surface area contributed by atoms with Crippen molar-refractivity contribution in [1.29, 1.82) is 0 Å². The minimum atomic E-state index is 0.628. The number of hydrogen-bond acceptors (Lipinski definition) is 2. The van der Waals surface area contributed by atoms with Gasteiger partial charge < -0.3 is 5.32 Å². The van der Waals surface area contributed by atoms with Gasteiger partial charge in [0.15, 0.2) is 0 Å². The Balaban J connectivity index is 1.54. The second kappa shape index (κ2) is 5.02. The van der Waals surface area contributed by atoms with Crippen LogP contribution in [0.25, 0.3) is 0 Å². The summed E-state index contributed by atoms with van der Waals surface area (Å²) in [5.74, 6) is 0. The van der Waals surface area contributed by atoms with Crippen molar-refractivity contribution in [2.24, 2.45) is 5.41 Å². The summed E-state index contributed by atoms with van der Waals surface area (Å²) < 4.78 is 0. The van der Waals surface area contributed by atoms with Crippen LogP contribution >= 0.6 is 0 Å². The maximum atomic E-state index is 3.66. The molecular formula is C16H24N2. The van der Waals surface area contributed by atoms with E-state index in [1.54, 1.807) is 0 Å². The first kappa shape index (κ1) is 12.2. The Kier molecular flexibility index (Phi) is 3.40. The third-order valence-corrected chi connectivity index (χ3v) is 4.37. The zero-order valence-electron chi connectivity index (χ0n) is 11.4. The van der Waals surface area contributed by atoms with Crippen molar-refractivity contribution in [1.82, 2.24) is 10.2 Å². The van der Waals surface area contributed by atoms with Gasteiger partial charge in [-0.2, -0.15) is 0 Å². The van der Waals surface area contributed by atoms with E-state index in [4.69, 9.17) is 0 Å². The van der Waals surface area contributed by atoms with Crippen molar-refractivity contribution in [2.45, 2.75) is 32.2 Å². The van der Waals surface area contributed by atoms with Crippen molar-refractivity contribution < 1.29 is 0 Å². The smallest absolute Gasteiger partial charge is 0.0235 e. The normalized spacial score (nSPS) is 27.1. The summed E-state index contributed by atoms with van der Waals surface area (Å²) in [5.41, 5.74) is 2.10. The third-order valence-electron chi connectivity index (χ3n) is 4.37. The van der Waals surface area contributed by atoms with Crippen LogP contribution in [0.5, 0.6) is 0 Å². The van der Waals surface area contributed by atoms with Crippen LogP contribution in [-0.2, 0) is 6.42 Å². The lowest BCUT2D eigenvalue weighted by Crippen LogP contribution is -2.52. The molecule has 0 amide bonds. The van der Waals surface area contributed by atoms with E-state index in [9.17, 15) is 0 Å². The molecule has 1 N–H and O–H groups in total. The van der Waals surface area contributed by atoms with Crippen molar-refractivity contribution in [3.8, 4) is 0 Å². The molecule has 0 bridgehead atoms. The van der Waals surface area contributed by atoms with Gasteiger partial charge >= 0.3 is 0 Å². The van der Waals surface area contributed by atoms with Gasteiger partial charge in [0.05, 0.1) is 0 Å². The largest absolute Gasteiger partial charge is 0.311 e. The summed E-state index contributed by atoms with van der Waals surface area (Å²) in [4.78, 5) is 2.66. The van der Waals surface area contributed by atoms with Gasteiger partial charge in [-0.3, -0.25) is 4.90 Å². The molecule has 0 aromatic heterocycles. The number of rotatable bonds is 4. The first-order valence-electron chi connectivity index (χ1n) is 7.23. The molecule has 2 aliphatic rings. The van der Waals surface area contributed by atoms with Crippen LogP contribution < -0.4 is 5.32 Å². The second-order valence-corrected chi connectivity index (χ2v) is 6.39. The third kappa shape index (κ3) is 3.12. The lowest BCUT2D eigenvalue weighted by Gasteiger charge is -2.35. The maximum Gasteiger partial charge on any atom is 0.0235 e. The molecule has 1 aromatic rings. The summed E-state index contributed by atoms with van der Waals surface area (Å²) >= 11 is 0. The molecular weight excluding hydrogens is 220 g/mol. The van der Waals surface area contributed by atoms with Crippen molar-refractivity contribution in [3.63, 3.8) is 0 Å². The zero-order chi connectivity index (χ0) is 12.4. The molecule has 1 saturated carbocycles. The van der Waals surface area contributed by atoms with Crippen molar-refractivity contribution in [2.75, 3.05) is 26.2 Å². The van der Waals surface area contributed by atoms with E-state index in [2.05, 4.69) is 47.5 Å². The van der Waals surface area contributed by atoms with Gasteiger partial charge in [-0.15, -0.1) is 0 Å². The topological polar surface area (TPSA) is 15.3 Å². The second-order valence-electron chi connectivity index (χ2n) is 6.39. The van der Waals surface area contributed by atoms with Gasteiger partial charge in [-0.05, 0) is 30.2 Å². The Labute approximate surface area is 110 Å². The fourth-order valence-corrected chi connectivity index (χ4v) is 2.98. The Hall–Kier alpha value is -0.860. The molecule has 98 valence electrons. The molecule has 18 heavy (non-hydrogen) atoms. The molecule has 1 saturated heterocycles. The highest BCUT2D eigenvalue weighted by atomic mass is 15.2. The fourth-order valence-electron chi connectivity index (χ4n) is 2.98. The molecule has 2 nitrogen and oxygen atoms in total. The first-order valence-corrected chi connectivity index (χ1v) is 7.23. The van der Waals surface area contributed by atoms with Gasteiger partial charge in [0.2, 0.25) is 0 Å². The summed E-state index contributed by atoms with van der Waals surface area (Å²) in [6.45, 7) is 7.32. The SMILES string of the molecule is CC1(CN2CCNC(Cc3ccccc3)C2)CC1. The van der Waals surface area contributed by atoms with Gasteiger partial charge in [0.25, 0.3) is 0 Å². The van der Waals surface area contributed by atoms with Crippen molar-refractivity contribution in [3.05, 3.63) is 35.9 Å². The van der Waals surface area contributed by atoms with Crippen molar-refractivity contribution >= 4 is 0 Å². The van der Waals surface area contributed by atoms with Gasteiger partial charge in [-0.1, -0.05) is 37.3 Å². The van der Waals surface area contributed by atoms with Crippen LogP contribution in [0.2, 0.25) is 0 Å².